The van der Waals surface area contributed by atoms with Crippen LogP contribution in [0.4, 0.5) is 4.39 Å². The molecule has 8 rings (SSSR count). The molecule has 5 heteroatoms. The normalized spacial score (nSPS) is 12.1. The molecule has 6 aromatic carbocycles. The first kappa shape index (κ1) is 33.2. The molecular formula is C47H41FN4. The molecule has 0 fully saturated rings. The molecule has 52 heavy (non-hydrogen) atoms. The van der Waals surface area contributed by atoms with Gasteiger partial charge in [-0.25, -0.2) is 19.3 Å². The maximum atomic E-state index is 14.3. The van der Waals surface area contributed by atoms with E-state index in [-0.39, 0.29) is 16.6 Å². The van der Waals surface area contributed by atoms with Gasteiger partial charge in [0, 0.05) is 33.0 Å². The Morgan fingerprint density at radius 2 is 0.885 bits per heavy atom. The number of hydrogen-bond acceptors (Lipinski definition) is 3. The van der Waals surface area contributed by atoms with Gasteiger partial charge >= 0.3 is 0 Å². The minimum Gasteiger partial charge on any atom is -0.309 e. The molecule has 0 unspecified atom stereocenters. The average molecular weight is 681 g/mol. The summed E-state index contributed by atoms with van der Waals surface area (Å²) in [5.74, 6) is 1.52. The minimum absolute atomic E-state index is 0.0188. The van der Waals surface area contributed by atoms with E-state index < -0.39 is 0 Å². The van der Waals surface area contributed by atoms with Crippen LogP contribution in [0.2, 0.25) is 0 Å². The summed E-state index contributed by atoms with van der Waals surface area (Å²) in [6.07, 6.45) is 0. The second kappa shape index (κ2) is 12.7. The van der Waals surface area contributed by atoms with Crippen LogP contribution >= 0.6 is 0 Å². The predicted molar refractivity (Wildman–Crippen MR) is 213 cm³/mol. The molecular weight excluding hydrogens is 640 g/mol. The van der Waals surface area contributed by atoms with Crippen molar-refractivity contribution in [3.8, 4) is 51.0 Å². The van der Waals surface area contributed by atoms with Crippen LogP contribution in [0.1, 0.15) is 52.7 Å². The number of nitrogens with zero attached hydrogens (tertiary/aromatic N) is 4. The summed E-state index contributed by atoms with van der Waals surface area (Å²) in [6, 6.07) is 46.8. The lowest BCUT2D eigenvalue weighted by Crippen LogP contribution is -2.10. The molecule has 0 aliphatic carbocycles. The summed E-state index contributed by atoms with van der Waals surface area (Å²) in [5, 5.41) is 2.39. The fourth-order valence-electron chi connectivity index (χ4n) is 6.88. The molecule has 0 aliphatic heterocycles. The zero-order valence-corrected chi connectivity index (χ0v) is 30.4. The highest BCUT2D eigenvalue weighted by atomic mass is 19.1. The van der Waals surface area contributed by atoms with Gasteiger partial charge in [0.1, 0.15) is 5.82 Å². The Balaban J connectivity index is 1.43. The number of halogens is 1. The van der Waals surface area contributed by atoms with E-state index in [2.05, 4.69) is 101 Å². The third-order valence-corrected chi connectivity index (χ3v) is 9.85. The van der Waals surface area contributed by atoms with Crippen molar-refractivity contribution in [1.29, 1.82) is 0 Å². The molecule has 0 atom stereocenters. The molecule has 0 spiro atoms. The second-order valence-corrected chi connectivity index (χ2v) is 15.6. The van der Waals surface area contributed by atoms with Crippen molar-refractivity contribution >= 4 is 21.8 Å². The number of aromatic nitrogens is 4. The number of benzene rings is 6. The summed E-state index contributed by atoms with van der Waals surface area (Å²) in [4.78, 5) is 15.0. The zero-order chi connectivity index (χ0) is 36.2. The maximum Gasteiger partial charge on any atom is 0.164 e. The molecule has 4 nitrogen and oxygen atoms in total. The summed E-state index contributed by atoms with van der Waals surface area (Å²) in [5.41, 5.74) is 10.2. The van der Waals surface area contributed by atoms with E-state index in [0.29, 0.717) is 17.5 Å². The van der Waals surface area contributed by atoms with Crippen molar-refractivity contribution in [1.82, 2.24) is 19.5 Å². The van der Waals surface area contributed by atoms with Gasteiger partial charge in [-0.3, -0.25) is 0 Å². The topological polar surface area (TPSA) is 43.6 Å². The van der Waals surface area contributed by atoms with Crippen LogP contribution < -0.4 is 0 Å². The van der Waals surface area contributed by atoms with E-state index in [1.807, 2.05) is 72.8 Å². The molecule has 0 N–H and O–H groups in total. The Labute approximate surface area is 304 Å². The standard InChI is InChI=1S/C47H41FN4/c1-46(2,3)34-20-25-40-38(28-34)39-29-35(47(4,5)6)21-26-41(39)52(40)42-27-33(19-24-37(42)30-17-22-36(48)23-18-30)45-50-43(31-13-9-7-10-14-31)49-44(51-45)32-15-11-8-12-16-32/h7-29H,1-6H3. The molecule has 256 valence electrons. The van der Waals surface area contributed by atoms with Crippen LogP contribution in [0.15, 0.2) is 140 Å². The lowest BCUT2D eigenvalue weighted by molar-refractivity contribution is 0.590. The third kappa shape index (κ3) is 6.17. The van der Waals surface area contributed by atoms with E-state index in [9.17, 15) is 4.39 Å². The summed E-state index contributed by atoms with van der Waals surface area (Å²) in [6.45, 7) is 13.5. The fraction of sp³-hybridized carbons (Fsp3) is 0.170. The highest BCUT2D eigenvalue weighted by molar-refractivity contribution is 6.10. The fourth-order valence-corrected chi connectivity index (χ4v) is 6.88. The van der Waals surface area contributed by atoms with Crippen LogP contribution in [0.25, 0.3) is 72.8 Å². The smallest absolute Gasteiger partial charge is 0.164 e. The van der Waals surface area contributed by atoms with E-state index in [1.54, 1.807) is 0 Å². The van der Waals surface area contributed by atoms with Gasteiger partial charge in [0.15, 0.2) is 17.5 Å². The number of rotatable bonds is 5. The quantitative estimate of drug-likeness (QED) is 0.182. The molecule has 0 saturated heterocycles. The summed E-state index contributed by atoms with van der Waals surface area (Å²) >= 11 is 0. The van der Waals surface area contributed by atoms with E-state index >= 15 is 0 Å². The average Bonchev–Trinajstić information content (AvgIpc) is 3.48. The highest BCUT2D eigenvalue weighted by Crippen LogP contribution is 2.41. The van der Waals surface area contributed by atoms with Crippen molar-refractivity contribution in [2.24, 2.45) is 0 Å². The van der Waals surface area contributed by atoms with Crippen molar-refractivity contribution in [3.63, 3.8) is 0 Å². The summed E-state index contributed by atoms with van der Waals surface area (Å²) in [7, 11) is 0. The van der Waals surface area contributed by atoms with Crippen molar-refractivity contribution in [3.05, 3.63) is 156 Å². The molecule has 8 aromatic rings. The Hall–Kier alpha value is -5.94. The van der Waals surface area contributed by atoms with Gasteiger partial charge in [-0.05, 0) is 70.0 Å². The largest absolute Gasteiger partial charge is 0.309 e. The van der Waals surface area contributed by atoms with Crippen molar-refractivity contribution < 1.29 is 4.39 Å². The Kier molecular flexibility index (Phi) is 8.10. The van der Waals surface area contributed by atoms with Gasteiger partial charge in [-0.1, -0.05) is 139 Å². The van der Waals surface area contributed by atoms with Gasteiger partial charge < -0.3 is 4.57 Å². The molecule has 0 radical (unpaired) electrons. The zero-order valence-electron chi connectivity index (χ0n) is 30.4. The van der Waals surface area contributed by atoms with Crippen molar-refractivity contribution in [2.75, 3.05) is 0 Å². The molecule has 0 amide bonds. The first-order chi connectivity index (χ1) is 24.9. The lowest BCUT2D eigenvalue weighted by Gasteiger charge is -2.20. The van der Waals surface area contributed by atoms with Gasteiger partial charge in [0.2, 0.25) is 0 Å². The van der Waals surface area contributed by atoms with Crippen LogP contribution in [0, 0.1) is 5.82 Å². The Morgan fingerprint density at radius 3 is 1.35 bits per heavy atom. The highest BCUT2D eigenvalue weighted by Gasteiger charge is 2.23. The number of fused-ring (bicyclic) bond motifs is 3. The van der Waals surface area contributed by atoms with Gasteiger partial charge in [-0.15, -0.1) is 0 Å². The minimum atomic E-state index is -0.268. The van der Waals surface area contributed by atoms with Crippen LogP contribution in [-0.4, -0.2) is 19.5 Å². The first-order valence-electron chi connectivity index (χ1n) is 17.8. The third-order valence-electron chi connectivity index (χ3n) is 9.85. The predicted octanol–water partition coefficient (Wildman–Crippen LogP) is 12.4. The lowest BCUT2D eigenvalue weighted by atomic mass is 9.85. The molecule has 0 bridgehead atoms. The van der Waals surface area contributed by atoms with Gasteiger partial charge in [-0.2, -0.15) is 0 Å². The molecule has 0 aliphatic rings. The van der Waals surface area contributed by atoms with Crippen LogP contribution in [-0.2, 0) is 10.8 Å². The van der Waals surface area contributed by atoms with Crippen molar-refractivity contribution in [2.45, 2.75) is 52.4 Å². The van der Waals surface area contributed by atoms with Crippen LogP contribution in [0.3, 0.4) is 0 Å². The Morgan fingerprint density at radius 1 is 0.442 bits per heavy atom. The number of hydrogen-bond donors (Lipinski definition) is 0. The van der Waals surface area contributed by atoms with E-state index in [1.165, 1.54) is 34.0 Å². The second-order valence-electron chi connectivity index (χ2n) is 15.6. The first-order valence-corrected chi connectivity index (χ1v) is 17.8. The monoisotopic (exact) mass is 680 g/mol. The molecule has 2 heterocycles. The SMILES string of the molecule is CC(C)(C)c1ccc2c(c1)c1cc(C(C)(C)C)ccc1n2-c1cc(-c2nc(-c3ccccc3)nc(-c3ccccc3)n2)ccc1-c1ccc(F)cc1. The maximum absolute atomic E-state index is 14.3. The molecule has 2 aromatic heterocycles. The van der Waals surface area contributed by atoms with Gasteiger partial charge in [0.25, 0.3) is 0 Å². The van der Waals surface area contributed by atoms with Crippen LogP contribution in [0.5, 0.6) is 0 Å². The molecule has 0 saturated carbocycles. The van der Waals surface area contributed by atoms with Gasteiger partial charge in [0.05, 0.1) is 16.7 Å². The Bertz CT molecular complexity index is 2440. The van der Waals surface area contributed by atoms with E-state index in [0.717, 1.165) is 44.5 Å². The summed E-state index contributed by atoms with van der Waals surface area (Å²) < 4.78 is 16.6. The van der Waals surface area contributed by atoms with E-state index in [4.69, 9.17) is 15.0 Å².